The Kier molecular flexibility index (Phi) is 8.10. The van der Waals surface area contributed by atoms with E-state index in [9.17, 15) is 9.59 Å². The lowest BCUT2D eigenvalue weighted by atomic mass is 10.1. The maximum absolute atomic E-state index is 11.9. The molecule has 1 rings (SSSR count). The lowest BCUT2D eigenvalue weighted by molar-refractivity contribution is -0.133. The standard InChI is InChI=1S/C15H21NO6S/c1-20-11-6-10(7-12(21-2)15(11)22-3)8-13(17)16-4-5-23-9-14(18)19/h6-7H,4-5,8-9H2,1-3H3,(H,16,17)(H,18,19). The van der Waals surface area contributed by atoms with E-state index in [1.807, 2.05) is 0 Å². The number of hydrogen-bond acceptors (Lipinski definition) is 6. The van der Waals surface area contributed by atoms with Gasteiger partial charge in [-0.15, -0.1) is 11.8 Å². The molecule has 1 aromatic carbocycles. The molecule has 0 bridgehead atoms. The van der Waals surface area contributed by atoms with Gasteiger partial charge in [0.05, 0.1) is 33.5 Å². The van der Waals surface area contributed by atoms with Crippen molar-refractivity contribution in [2.24, 2.45) is 0 Å². The van der Waals surface area contributed by atoms with Crippen molar-refractivity contribution in [3.63, 3.8) is 0 Å². The van der Waals surface area contributed by atoms with Crippen LogP contribution in [0.3, 0.4) is 0 Å². The molecule has 0 aromatic heterocycles. The molecular weight excluding hydrogens is 322 g/mol. The highest BCUT2D eigenvalue weighted by Gasteiger charge is 2.14. The van der Waals surface area contributed by atoms with Crippen LogP contribution in [0.5, 0.6) is 17.2 Å². The Bertz CT molecular complexity index is 524. The minimum Gasteiger partial charge on any atom is -0.493 e. The van der Waals surface area contributed by atoms with Gasteiger partial charge in [0.2, 0.25) is 11.7 Å². The molecule has 0 aliphatic heterocycles. The lowest BCUT2D eigenvalue weighted by Crippen LogP contribution is -2.27. The predicted molar refractivity (Wildman–Crippen MR) is 87.8 cm³/mol. The van der Waals surface area contributed by atoms with Gasteiger partial charge < -0.3 is 24.6 Å². The van der Waals surface area contributed by atoms with Crippen LogP contribution < -0.4 is 19.5 Å². The number of aliphatic carboxylic acids is 1. The van der Waals surface area contributed by atoms with Gasteiger partial charge in [0, 0.05) is 12.3 Å². The first kappa shape index (κ1) is 19.0. The van der Waals surface area contributed by atoms with Crippen LogP contribution in [0.15, 0.2) is 12.1 Å². The van der Waals surface area contributed by atoms with Crippen molar-refractivity contribution in [2.45, 2.75) is 6.42 Å². The fourth-order valence-electron chi connectivity index (χ4n) is 1.91. The lowest BCUT2D eigenvalue weighted by Gasteiger charge is -2.14. The van der Waals surface area contributed by atoms with Gasteiger partial charge in [0.15, 0.2) is 11.5 Å². The molecule has 0 radical (unpaired) electrons. The number of carboxylic acid groups (broad SMARTS) is 1. The quantitative estimate of drug-likeness (QED) is 0.616. The fraction of sp³-hybridized carbons (Fsp3) is 0.467. The second kappa shape index (κ2) is 9.83. The summed E-state index contributed by atoms with van der Waals surface area (Å²) < 4.78 is 15.7. The van der Waals surface area contributed by atoms with E-state index in [4.69, 9.17) is 19.3 Å². The molecule has 0 aliphatic rings. The molecule has 0 spiro atoms. The van der Waals surface area contributed by atoms with Gasteiger partial charge in [0.1, 0.15) is 0 Å². The third-order valence-corrected chi connectivity index (χ3v) is 3.83. The summed E-state index contributed by atoms with van der Waals surface area (Å²) in [5.41, 5.74) is 0.732. The molecule has 0 saturated heterocycles. The van der Waals surface area contributed by atoms with E-state index in [1.54, 1.807) is 12.1 Å². The van der Waals surface area contributed by atoms with Gasteiger partial charge in [-0.3, -0.25) is 9.59 Å². The summed E-state index contributed by atoms with van der Waals surface area (Å²) in [5.74, 6) is 1.02. The van der Waals surface area contributed by atoms with E-state index in [-0.39, 0.29) is 18.1 Å². The Balaban J connectivity index is 2.59. The molecule has 0 heterocycles. The number of carbonyl (C=O) groups is 2. The van der Waals surface area contributed by atoms with E-state index in [0.717, 1.165) is 5.56 Å². The molecular formula is C15H21NO6S. The number of ether oxygens (including phenoxy) is 3. The number of benzene rings is 1. The first-order valence-electron chi connectivity index (χ1n) is 6.87. The van der Waals surface area contributed by atoms with E-state index < -0.39 is 5.97 Å². The molecule has 0 fully saturated rings. The molecule has 0 unspecified atom stereocenters. The van der Waals surface area contributed by atoms with Crippen molar-refractivity contribution in [2.75, 3.05) is 39.4 Å². The average molecular weight is 343 g/mol. The summed E-state index contributed by atoms with van der Waals surface area (Å²) >= 11 is 1.26. The van der Waals surface area contributed by atoms with Crippen LogP contribution in [-0.2, 0) is 16.0 Å². The highest BCUT2D eigenvalue weighted by molar-refractivity contribution is 7.99. The van der Waals surface area contributed by atoms with Crippen LogP contribution in [0.25, 0.3) is 0 Å². The van der Waals surface area contributed by atoms with Crippen LogP contribution in [0, 0.1) is 0 Å². The summed E-state index contributed by atoms with van der Waals surface area (Å²) in [7, 11) is 4.54. The number of methoxy groups -OCH3 is 3. The zero-order chi connectivity index (χ0) is 17.2. The van der Waals surface area contributed by atoms with Gasteiger partial charge in [-0.1, -0.05) is 0 Å². The molecule has 8 heteroatoms. The molecule has 0 aliphatic carbocycles. The van der Waals surface area contributed by atoms with Gasteiger partial charge in [-0.25, -0.2) is 0 Å². The van der Waals surface area contributed by atoms with Crippen molar-refractivity contribution in [3.8, 4) is 17.2 Å². The Morgan fingerprint density at radius 3 is 2.22 bits per heavy atom. The number of carboxylic acids is 1. The fourth-order valence-corrected chi connectivity index (χ4v) is 2.47. The van der Waals surface area contributed by atoms with Crippen LogP contribution in [-0.4, -0.2) is 56.4 Å². The van der Waals surface area contributed by atoms with Gasteiger partial charge in [-0.05, 0) is 17.7 Å². The summed E-state index contributed by atoms with van der Waals surface area (Å²) in [6.45, 7) is 0.418. The molecule has 0 atom stereocenters. The van der Waals surface area contributed by atoms with Crippen LogP contribution in [0.4, 0.5) is 0 Å². The largest absolute Gasteiger partial charge is 0.493 e. The van der Waals surface area contributed by atoms with Gasteiger partial charge in [0.25, 0.3) is 0 Å². The Morgan fingerprint density at radius 2 is 1.74 bits per heavy atom. The zero-order valence-electron chi connectivity index (χ0n) is 13.4. The van der Waals surface area contributed by atoms with Crippen molar-refractivity contribution in [1.82, 2.24) is 5.32 Å². The van der Waals surface area contributed by atoms with E-state index in [0.29, 0.717) is 29.5 Å². The summed E-state index contributed by atoms with van der Waals surface area (Å²) in [4.78, 5) is 22.3. The highest BCUT2D eigenvalue weighted by Crippen LogP contribution is 2.38. The van der Waals surface area contributed by atoms with Crippen molar-refractivity contribution < 1.29 is 28.9 Å². The second-order valence-corrected chi connectivity index (χ2v) is 5.61. The molecule has 2 N–H and O–H groups in total. The summed E-state index contributed by atoms with van der Waals surface area (Å²) in [5, 5.41) is 11.3. The van der Waals surface area contributed by atoms with Crippen molar-refractivity contribution >= 4 is 23.6 Å². The molecule has 1 aromatic rings. The summed E-state index contributed by atoms with van der Waals surface area (Å²) in [6, 6.07) is 3.44. The van der Waals surface area contributed by atoms with Crippen molar-refractivity contribution in [3.05, 3.63) is 17.7 Å². The van der Waals surface area contributed by atoms with Crippen LogP contribution >= 0.6 is 11.8 Å². The normalized spacial score (nSPS) is 10.0. The molecule has 7 nitrogen and oxygen atoms in total. The topological polar surface area (TPSA) is 94.1 Å². The first-order chi connectivity index (χ1) is 11.0. The average Bonchev–Trinajstić information content (AvgIpc) is 2.53. The number of rotatable bonds is 10. The van der Waals surface area contributed by atoms with Crippen LogP contribution in [0.1, 0.15) is 5.56 Å². The minimum atomic E-state index is -0.862. The molecule has 1 amide bonds. The molecule has 23 heavy (non-hydrogen) atoms. The third-order valence-electron chi connectivity index (χ3n) is 2.88. The third kappa shape index (κ3) is 6.27. The number of thioether (sulfide) groups is 1. The smallest absolute Gasteiger partial charge is 0.313 e. The first-order valence-corrected chi connectivity index (χ1v) is 8.02. The Hall–Kier alpha value is -2.09. The van der Waals surface area contributed by atoms with Crippen molar-refractivity contribution in [1.29, 1.82) is 0 Å². The minimum absolute atomic E-state index is 0.0305. The SMILES string of the molecule is COc1cc(CC(=O)NCCSCC(=O)O)cc(OC)c1OC. The second-order valence-electron chi connectivity index (χ2n) is 4.51. The predicted octanol–water partition coefficient (Wildman–Crippen LogP) is 1.19. The zero-order valence-corrected chi connectivity index (χ0v) is 14.2. The van der Waals surface area contributed by atoms with Crippen LogP contribution in [0.2, 0.25) is 0 Å². The van der Waals surface area contributed by atoms with E-state index >= 15 is 0 Å². The maximum Gasteiger partial charge on any atom is 0.313 e. The molecule has 0 saturated carbocycles. The highest BCUT2D eigenvalue weighted by atomic mass is 32.2. The Labute approximate surface area is 139 Å². The summed E-state index contributed by atoms with van der Waals surface area (Å²) in [6.07, 6.45) is 0.167. The number of carbonyl (C=O) groups excluding carboxylic acids is 1. The van der Waals surface area contributed by atoms with E-state index in [1.165, 1.54) is 33.1 Å². The number of amides is 1. The molecule has 128 valence electrons. The van der Waals surface area contributed by atoms with Gasteiger partial charge >= 0.3 is 5.97 Å². The van der Waals surface area contributed by atoms with Gasteiger partial charge in [-0.2, -0.15) is 0 Å². The van der Waals surface area contributed by atoms with E-state index in [2.05, 4.69) is 5.32 Å². The maximum atomic E-state index is 11.9. The number of nitrogens with one attached hydrogen (secondary N) is 1. The number of hydrogen-bond donors (Lipinski definition) is 2. The monoisotopic (exact) mass is 343 g/mol. The Morgan fingerprint density at radius 1 is 1.13 bits per heavy atom.